The Bertz CT molecular complexity index is 1640. The number of aliphatic hydroxyl groups is 8. The standard InChI is InChI=1S/C62H105NO13/c1-3-5-7-9-11-13-15-17-19-21-23-24-25-26-28-30-32-34-36-38-40-42-44-46-54(67)63-50(51(66)45-43-41-39-37-35-33-31-29-27-22-20-18-16-14-12-10-8-6-4-2)49-73-61-59(72)57(70)60(53(48-65)75-61)76-62-58(71)56(69)55(68)52(47-64)74-62/h5,7,11,13,17,19,23-24,26-29,35,37,43,45,50-53,55-62,64-66,68-72H,3-4,6,8-10,12,14-16,18,20-22,25,30-34,36,38-42,44,46-49H2,1-2H3,(H,63,67)/b7-5-,13-11-,19-17-,24-23-,28-26-,29-27+,37-35+,45-43+. The summed E-state index contributed by atoms with van der Waals surface area (Å²) in [5.74, 6) is -0.269. The first-order valence-corrected chi connectivity index (χ1v) is 29.5. The van der Waals surface area contributed by atoms with Gasteiger partial charge in [-0.05, 0) is 89.9 Å². The van der Waals surface area contributed by atoms with E-state index in [4.69, 9.17) is 18.9 Å². The molecule has 1 amide bonds. The van der Waals surface area contributed by atoms with Crippen LogP contribution in [0.3, 0.4) is 0 Å². The van der Waals surface area contributed by atoms with Crippen LogP contribution in [-0.2, 0) is 23.7 Å². The molecule has 76 heavy (non-hydrogen) atoms. The summed E-state index contributed by atoms with van der Waals surface area (Å²) in [7, 11) is 0. The van der Waals surface area contributed by atoms with Crippen LogP contribution in [0.15, 0.2) is 97.2 Å². The molecule has 436 valence electrons. The maximum atomic E-state index is 13.3. The van der Waals surface area contributed by atoms with E-state index < -0.39 is 86.8 Å². The number of ether oxygens (including phenoxy) is 4. The van der Waals surface area contributed by atoms with Crippen molar-refractivity contribution < 1.29 is 64.6 Å². The van der Waals surface area contributed by atoms with E-state index in [0.717, 1.165) is 103 Å². The molecule has 0 aliphatic carbocycles. The lowest BCUT2D eigenvalue weighted by molar-refractivity contribution is -0.359. The summed E-state index contributed by atoms with van der Waals surface area (Å²) >= 11 is 0. The van der Waals surface area contributed by atoms with Gasteiger partial charge in [0.1, 0.15) is 48.8 Å². The molecular formula is C62H105NO13. The second kappa shape index (κ2) is 46.8. The van der Waals surface area contributed by atoms with Crippen molar-refractivity contribution in [3.8, 4) is 0 Å². The molecule has 0 aromatic rings. The Balaban J connectivity index is 1.81. The number of nitrogens with one attached hydrogen (secondary N) is 1. The van der Waals surface area contributed by atoms with Crippen molar-refractivity contribution in [2.75, 3.05) is 19.8 Å². The SMILES string of the molecule is CC/C=C\C/C=C\C/C=C\C/C=C\C/C=C\CCCCCCCCCC(=O)NC(COC1OC(CO)C(OC2OC(CO)C(O)C(O)C2O)C(O)C1O)C(O)/C=C/CC/C=C/CC/C=C/CCCCCCCCCCC. The van der Waals surface area contributed by atoms with Gasteiger partial charge in [0.15, 0.2) is 12.6 Å². The maximum absolute atomic E-state index is 13.3. The molecule has 2 fully saturated rings. The lowest BCUT2D eigenvalue weighted by atomic mass is 9.97. The summed E-state index contributed by atoms with van der Waals surface area (Å²) in [6.07, 6.45) is 47.2. The molecule has 2 aliphatic heterocycles. The minimum Gasteiger partial charge on any atom is -0.394 e. The number of carbonyl (C=O) groups is 1. The Morgan fingerprint density at radius 3 is 1.45 bits per heavy atom. The number of hydrogen-bond acceptors (Lipinski definition) is 13. The fourth-order valence-electron chi connectivity index (χ4n) is 9.00. The fourth-order valence-corrected chi connectivity index (χ4v) is 9.00. The van der Waals surface area contributed by atoms with E-state index in [1.807, 2.05) is 6.08 Å². The molecule has 9 N–H and O–H groups in total. The van der Waals surface area contributed by atoms with E-state index in [9.17, 15) is 45.6 Å². The second-order valence-corrected chi connectivity index (χ2v) is 20.4. The van der Waals surface area contributed by atoms with E-state index in [0.29, 0.717) is 12.8 Å². The Morgan fingerprint density at radius 1 is 0.487 bits per heavy atom. The van der Waals surface area contributed by atoms with Crippen LogP contribution in [0.2, 0.25) is 0 Å². The summed E-state index contributed by atoms with van der Waals surface area (Å²) in [5.41, 5.74) is 0. The number of amides is 1. The number of aliphatic hydroxyl groups excluding tert-OH is 8. The smallest absolute Gasteiger partial charge is 0.220 e. The highest BCUT2D eigenvalue weighted by molar-refractivity contribution is 5.76. The Kier molecular flexibility index (Phi) is 42.5. The summed E-state index contributed by atoms with van der Waals surface area (Å²) in [6.45, 7) is 2.63. The fraction of sp³-hybridized carbons (Fsp3) is 0.726. The van der Waals surface area contributed by atoms with Crippen LogP contribution in [-0.4, -0.2) is 140 Å². The van der Waals surface area contributed by atoms with E-state index in [1.54, 1.807) is 6.08 Å². The molecule has 2 aliphatic rings. The van der Waals surface area contributed by atoms with Gasteiger partial charge in [-0.1, -0.05) is 195 Å². The van der Waals surface area contributed by atoms with Crippen LogP contribution in [0.25, 0.3) is 0 Å². The summed E-state index contributed by atoms with van der Waals surface area (Å²) in [4.78, 5) is 13.3. The quantitative estimate of drug-likeness (QED) is 0.0205. The second-order valence-electron chi connectivity index (χ2n) is 20.4. The van der Waals surface area contributed by atoms with Gasteiger partial charge in [-0.25, -0.2) is 0 Å². The lowest BCUT2D eigenvalue weighted by Crippen LogP contribution is -2.65. The predicted molar refractivity (Wildman–Crippen MR) is 304 cm³/mol. The predicted octanol–water partition coefficient (Wildman–Crippen LogP) is 9.89. The van der Waals surface area contributed by atoms with Crippen LogP contribution >= 0.6 is 0 Å². The number of carbonyl (C=O) groups excluding carboxylic acids is 1. The maximum Gasteiger partial charge on any atom is 0.220 e. The number of rotatable bonds is 45. The number of unbranched alkanes of at least 4 members (excludes halogenated alkanes) is 18. The van der Waals surface area contributed by atoms with E-state index in [-0.39, 0.29) is 18.9 Å². The Labute approximate surface area is 458 Å². The van der Waals surface area contributed by atoms with Gasteiger partial charge in [0, 0.05) is 6.42 Å². The summed E-state index contributed by atoms with van der Waals surface area (Å²) in [5, 5.41) is 87.1. The summed E-state index contributed by atoms with van der Waals surface area (Å²) in [6, 6.07) is -0.951. The molecular weight excluding hydrogens is 967 g/mol. The van der Waals surface area contributed by atoms with Gasteiger partial charge in [-0.15, -0.1) is 0 Å². The molecule has 14 heteroatoms. The van der Waals surface area contributed by atoms with Crippen molar-refractivity contribution >= 4 is 5.91 Å². The van der Waals surface area contributed by atoms with Gasteiger partial charge < -0.3 is 65.1 Å². The van der Waals surface area contributed by atoms with Crippen molar-refractivity contribution in [3.63, 3.8) is 0 Å². The van der Waals surface area contributed by atoms with Crippen LogP contribution in [0.5, 0.6) is 0 Å². The molecule has 0 spiro atoms. The largest absolute Gasteiger partial charge is 0.394 e. The zero-order valence-corrected chi connectivity index (χ0v) is 46.7. The van der Waals surface area contributed by atoms with Gasteiger partial charge in [-0.2, -0.15) is 0 Å². The molecule has 2 saturated heterocycles. The number of allylic oxidation sites excluding steroid dienone is 15. The Morgan fingerprint density at radius 2 is 0.921 bits per heavy atom. The topological polar surface area (TPSA) is 228 Å². The highest BCUT2D eigenvalue weighted by Gasteiger charge is 2.51. The molecule has 14 nitrogen and oxygen atoms in total. The zero-order chi connectivity index (χ0) is 55.3. The third-order valence-electron chi connectivity index (χ3n) is 13.7. The highest BCUT2D eigenvalue weighted by Crippen LogP contribution is 2.30. The van der Waals surface area contributed by atoms with Gasteiger partial charge in [0.05, 0.1) is 32.0 Å². The van der Waals surface area contributed by atoms with Crippen molar-refractivity contribution in [2.45, 2.75) is 267 Å². The average Bonchev–Trinajstić information content (AvgIpc) is 3.42. The Hall–Kier alpha value is -3.09. The van der Waals surface area contributed by atoms with Gasteiger partial charge in [0.2, 0.25) is 5.91 Å². The minimum absolute atomic E-state index is 0.251. The normalized spacial score (nSPS) is 25.6. The van der Waals surface area contributed by atoms with Crippen LogP contribution < -0.4 is 5.32 Å². The molecule has 0 radical (unpaired) electrons. The molecule has 0 aromatic heterocycles. The molecule has 12 unspecified atom stereocenters. The first-order chi connectivity index (χ1) is 37.1. The molecule has 2 heterocycles. The van der Waals surface area contributed by atoms with Crippen LogP contribution in [0, 0.1) is 0 Å². The lowest BCUT2D eigenvalue weighted by Gasteiger charge is -2.46. The summed E-state index contributed by atoms with van der Waals surface area (Å²) < 4.78 is 22.7. The average molecular weight is 1070 g/mol. The van der Waals surface area contributed by atoms with E-state index in [2.05, 4.69) is 104 Å². The molecule has 0 bridgehead atoms. The van der Waals surface area contributed by atoms with Crippen molar-refractivity contribution in [1.29, 1.82) is 0 Å². The highest BCUT2D eigenvalue weighted by atomic mass is 16.7. The first kappa shape index (κ1) is 69.0. The molecule has 0 saturated carbocycles. The van der Waals surface area contributed by atoms with Crippen molar-refractivity contribution in [2.24, 2.45) is 0 Å². The monoisotopic (exact) mass is 1070 g/mol. The van der Waals surface area contributed by atoms with Crippen LogP contribution in [0.1, 0.15) is 194 Å². The minimum atomic E-state index is -1.80. The molecule has 12 atom stereocenters. The van der Waals surface area contributed by atoms with Crippen molar-refractivity contribution in [1.82, 2.24) is 5.32 Å². The van der Waals surface area contributed by atoms with Crippen LogP contribution in [0.4, 0.5) is 0 Å². The number of hydrogen-bond donors (Lipinski definition) is 9. The first-order valence-electron chi connectivity index (χ1n) is 29.5. The van der Waals surface area contributed by atoms with Gasteiger partial charge in [0.25, 0.3) is 0 Å². The molecule has 2 rings (SSSR count). The third kappa shape index (κ3) is 32.1. The third-order valence-corrected chi connectivity index (χ3v) is 13.7. The zero-order valence-electron chi connectivity index (χ0n) is 46.7. The van der Waals surface area contributed by atoms with Gasteiger partial charge >= 0.3 is 0 Å². The van der Waals surface area contributed by atoms with E-state index in [1.165, 1.54) is 57.8 Å². The molecule has 0 aromatic carbocycles. The van der Waals surface area contributed by atoms with Gasteiger partial charge in [-0.3, -0.25) is 4.79 Å². The van der Waals surface area contributed by atoms with E-state index >= 15 is 0 Å². The van der Waals surface area contributed by atoms with Crippen molar-refractivity contribution in [3.05, 3.63) is 97.2 Å².